The minimum absolute atomic E-state index is 0.124. The van der Waals surface area contributed by atoms with E-state index >= 15 is 4.39 Å². The van der Waals surface area contributed by atoms with E-state index < -0.39 is 0 Å². The van der Waals surface area contributed by atoms with E-state index in [9.17, 15) is 4.39 Å². The molecule has 4 N–H and O–H groups in total. The third kappa shape index (κ3) is 5.16. The lowest BCUT2D eigenvalue weighted by molar-refractivity contribution is 0.147. The number of nitrogen functional groups attached to an aromatic ring is 1. The van der Waals surface area contributed by atoms with Crippen molar-refractivity contribution in [3.05, 3.63) is 83.0 Å². The molecular weight excluding hydrogens is 536 g/mol. The van der Waals surface area contributed by atoms with Crippen molar-refractivity contribution >= 4 is 40.9 Å². The Bertz CT molecular complexity index is 1620. The lowest BCUT2D eigenvalue weighted by atomic mass is 9.94. The highest BCUT2D eigenvalue weighted by atomic mass is 19.1. The SMILES string of the molecule is Nc1nc(Nc2ccc(N3CCN(C4CCCCC4)CC3)c(F)c2)nn1C1=CC2=CC=Cc3ccc(F)cc3C2=NN1. The molecule has 2 fully saturated rings. The van der Waals surface area contributed by atoms with E-state index in [0.717, 1.165) is 37.3 Å². The first-order valence-electron chi connectivity index (χ1n) is 14.5. The number of hydrogen-bond donors (Lipinski definition) is 3. The number of hydrogen-bond acceptors (Lipinski definition) is 8. The zero-order valence-corrected chi connectivity index (χ0v) is 23.2. The Morgan fingerprint density at radius 2 is 1.81 bits per heavy atom. The standard InChI is InChI=1S/C31H33F2N9/c32-22-10-9-20-5-4-6-21-17-28(37-38-29(21)25(20)18-22)42-30(34)36-31(39-42)35-23-11-12-27(26(33)19-23)41-15-13-40(14-16-41)24-7-2-1-3-8-24/h4-6,9-12,17-19,24,37H,1-3,7-8,13-16H2,(H3,34,35,36,39). The van der Waals surface area contributed by atoms with Crippen molar-refractivity contribution in [2.45, 2.75) is 38.1 Å². The zero-order valence-electron chi connectivity index (χ0n) is 23.2. The smallest absolute Gasteiger partial charge is 0.248 e. The van der Waals surface area contributed by atoms with Gasteiger partial charge in [0.25, 0.3) is 0 Å². The van der Waals surface area contributed by atoms with Crippen LogP contribution in [0.1, 0.15) is 43.2 Å². The van der Waals surface area contributed by atoms with E-state index in [4.69, 9.17) is 5.73 Å². The maximum atomic E-state index is 15.3. The summed E-state index contributed by atoms with van der Waals surface area (Å²) in [6, 6.07) is 10.4. The molecule has 1 saturated carbocycles. The molecule has 0 bridgehead atoms. The fraction of sp³-hybridized carbons (Fsp3) is 0.323. The molecular formula is C31H33F2N9. The van der Waals surface area contributed by atoms with Gasteiger partial charge in [-0.25, -0.2) is 8.78 Å². The fourth-order valence-electron chi connectivity index (χ4n) is 6.31. The number of allylic oxidation sites excluding steroid dienone is 4. The van der Waals surface area contributed by atoms with Gasteiger partial charge in [0.2, 0.25) is 11.9 Å². The van der Waals surface area contributed by atoms with Crippen LogP contribution in [0.25, 0.3) is 11.9 Å². The minimum Gasteiger partial charge on any atom is -0.368 e. The fourth-order valence-corrected chi connectivity index (χ4v) is 6.31. The van der Waals surface area contributed by atoms with E-state index in [1.54, 1.807) is 6.07 Å². The molecule has 42 heavy (non-hydrogen) atoms. The largest absolute Gasteiger partial charge is 0.368 e. The third-order valence-corrected chi connectivity index (χ3v) is 8.48. The summed E-state index contributed by atoms with van der Waals surface area (Å²) in [5.41, 5.74) is 13.2. The van der Waals surface area contributed by atoms with Gasteiger partial charge < -0.3 is 16.0 Å². The summed E-state index contributed by atoms with van der Waals surface area (Å²) in [6.07, 6.45) is 14.1. The Morgan fingerprint density at radius 1 is 0.976 bits per heavy atom. The van der Waals surface area contributed by atoms with Gasteiger partial charge in [0, 0.05) is 49.0 Å². The summed E-state index contributed by atoms with van der Waals surface area (Å²) >= 11 is 0. The second-order valence-corrected chi connectivity index (χ2v) is 11.1. The maximum absolute atomic E-state index is 15.3. The van der Waals surface area contributed by atoms with Crippen molar-refractivity contribution in [1.82, 2.24) is 25.1 Å². The minimum atomic E-state index is -0.334. The molecule has 1 saturated heterocycles. The van der Waals surface area contributed by atoms with Crippen molar-refractivity contribution < 1.29 is 8.78 Å². The van der Waals surface area contributed by atoms with Crippen molar-refractivity contribution in [3.8, 4) is 0 Å². The number of aromatic nitrogens is 3. The summed E-state index contributed by atoms with van der Waals surface area (Å²) in [4.78, 5) is 9.03. The first kappa shape index (κ1) is 26.4. The molecule has 216 valence electrons. The van der Waals surface area contributed by atoms with Crippen molar-refractivity contribution in [2.75, 3.05) is 42.1 Å². The molecule has 7 rings (SSSR count). The zero-order chi connectivity index (χ0) is 28.6. The molecule has 3 heterocycles. The molecule has 0 radical (unpaired) electrons. The molecule has 2 aromatic carbocycles. The summed E-state index contributed by atoms with van der Waals surface area (Å²) in [6.45, 7) is 3.58. The van der Waals surface area contributed by atoms with Crippen LogP contribution >= 0.6 is 0 Å². The second kappa shape index (κ2) is 11.1. The lowest BCUT2D eigenvalue weighted by Gasteiger charge is -2.41. The predicted molar refractivity (Wildman–Crippen MR) is 162 cm³/mol. The van der Waals surface area contributed by atoms with Crippen LogP contribution in [0, 0.1) is 11.6 Å². The molecule has 9 nitrogen and oxygen atoms in total. The maximum Gasteiger partial charge on any atom is 0.248 e. The number of piperazine rings is 1. The van der Waals surface area contributed by atoms with E-state index in [2.05, 4.69) is 35.7 Å². The molecule has 4 aliphatic rings. The summed E-state index contributed by atoms with van der Waals surface area (Å²) in [5, 5.41) is 12.0. The first-order valence-corrected chi connectivity index (χ1v) is 14.5. The number of nitrogens with one attached hydrogen (secondary N) is 2. The van der Waals surface area contributed by atoms with Gasteiger partial charge in [-0.2, -0.15) is 14.8 Å². The van der Waals surface area contributed by atoms with Crippen LogP contribution in [-0.2, 0) is 0 Å². The molecule has 3 aromatic rings. The number of fused-ring (bicyclic) bond motifs is 3. The molecule has 0 amide bonds. The van der Waals surface area contributed by atoms with Crippen LogP contribution in [0.3, 0.4) is 0 Å². The Kier molecular flexibility index (Phi) is 6.94. The van der Waals surface area contributed by atoms with Crippen molar-refractivity contribution in [1.29, 1.82) is 0 Å². The van der Waals surface area contributed by atoms with Gasteiger partial charge in [-0.1, -0.05) is 43.6 Å². The molecule has 2 aliphatic heterocycles. The average molecular weight is 570 g/mol. The van der Waals surface area contributed by atoms with Gasteiger partial charge in [0.1, 0.15) is 11.6 Å². The predicted octanol–water partition coefficient (Wildman–Crippen LogP) is 5.10. The molecule has 1 aromatic heterocycles. The number of anilines is 4. The summed E-state index contributed by atoms with van der Waals surface area (Å²) < 4.78 is 30.6. The number of hydrazone groups is 1. The first-order chi connectivity index (χ1) is 20.5. The number of nitrogens with zero attached hydrogens (tertiary/aromatic N) is 6. The number of rotatable bonds is 5. The quantitative estimate of drug-likeness (QED) is 0.393. The van der Waals surface area contributed by atoms with Crippen LogP contribution in [0.2, 0.25) is 0 Å². The molecule has 0 atom stereocenters. The molecule has 0 unspecified atom stereocenters. The van der Waals surface area contributed by atoms with Crippen LogP contribution < -0.4 is 21.4 Å². The number of benzene rings is 2. The van der Waals surface area contributed by atoms with Gasteiger partial charge in [0.15, 0.2) is 5.82 Å². The van der Waals surface area contributed by atoms with Gasteiger partial charge in [0.05, 0.1) is 11.4 Å². The third-order valence-electron chi connectivity index (χ3n) is 8.48. The Labute approximate surface area is 243 Å². The van der Waals surface area contributed by atoms with Crippen LogP contribution in [0.15, 0.2) is 65.3 Å². The number of halogens is 2. The van der Waals surface area contributed by atoms with E-state index in [-0.39, 0.29) is 23.5 Å². The topological polar surface area (TPSA) is 99.6 Å². The second-order valence-electron chi connectivity index (χ2n) is 11.1. The Balaban J connectivity index is 1.03. The normalized spacial score (nSPS) is 19.2. The highest BCUT2D eigenvalue weighted by Gasteiger charge is 2.26. The van der Waals surface area contributed by atoms with Gasteiger partial charge in [-0.3, -0.25) is 10.3 Å². The molecule has 0 spiro atoms. The average Bonchev–Trinajstić information content (AvgIpc) is 3.27. The van der Waals surface area contributed by atoms with Crippen molar-refractivity contribution in [2.24, 2.45) is 5.10 Å². The van der Waals surface area contributed by atoms with Crippen LogP contribution in [-0.4, -0.2) is 57.6 Å². The van der Waals surface area contributed by atoms with Gasteiger partial charge in [-0.05, 0) is 54.8 Å². The van der Waals surface area contributed by atoms with Gasteiger partial charge in [-0.15, -0.1) is 5.10 Å². The van der Waals surface area contributed by atoms with Crippen LogP contribution in [0.5, 0.6) is 0 Å². The molecule has 2 aliphatic carbocycles. The summed E-state index contributed by atoms with van der Waals surface area (Å²) in [5.74, 6) is 0.200. The number of nitrogens with two attached hydrogens (primary N) is 1. The monoisotopic (exact) mass is 569 g/mol. The Hall–Kier alpha value is -4.51. The van der Waals surface area contributed by atoms with Crippen molar-refractivity contribution in [3.63, 3.8) is 0 Å². The summed E-state index contributed by atoms with van der Waals surface area (Å²) in [7, 11) is 0. The van der Waals surface area contributed by atoms with Gasteiger partial charge >= 0.3 is 0 Å². The molecule has 11 heteroatoms. The van der Waals surface area contributed by atoms with E-state index in [0.29, 0.717) is 34.5 Å². The highest BCUT2D eigenvalue weighted by molar-refractivity contribution is 6.18. The highest BCUT2D eigenvalue weighted by Crippen LogP contribution is 2.29. The lowest BCUT2D eigenvalue weighted by Crippen LogP contribution is -2.51. The Morgan fingerprint density at radius 3 is 2.62 bits per heavy atom. The van der Waals surface area contributed by atoms with E-state index in [1.165, 1.54) is 55.0 Å². The van der Waals surface area contributed by atoms with E-state index in [1.807, 2.05) is 36.4 Å². The van der Waals surface area contributed by atoms with Crippen LogP contribution in [0.4, 0.5) is 32.1 Å².